The minimum atomic E-state index is -0.536. The van der Waals surface area contributed by atoms with Crippen LogP contribution in [0.5, 0.6) is 0 Å². The molecule has 120 valence electrons. The summed E-state index contributed by atoms with van der Waals surface area (Å²) in [5.41, 5.74) is 0. The van der Waals surface area contributed by atoms with Gasteiger partial charge in [0.15, 0.2) is 0 Å². The largest absolute Gasteiger partial charge is 0.469 e. The van der Waals surface area contributed by atoms with E-state index in [9.17, 15) is 9.90 Å². The third kappa shape index (κ3) is 9.35. The molecule has 2 unspecified atom stereocenters. The highest BCUT2D eigenvalue weighted by molar-refractivity contribution is 5.72. The van der Waals surface area contributed by atoms with Crippen LogP contribution in [-0.4, -0.2) is 24.3 Å². The van der Waals surface area contributed by atoms with Gasteiger partial charge in [0.05, 0.1) is 19.1 Å². The summed E-state index contributed by atoms with van der Waals surface area (Å²) in [5, 5.41) is 10.2. The molecule has 0 aliphatic rings. The summed E-state index contributed by atoms with van der Waals surface area (Å²) < 4.78 is 4.84. The van der Waals surface area contributed by atoms with E-state index in [1.807, 2.05) is 0 Å². The minimum absolute atomic E-state index is 0.248. The number of carbonyl (C=O) groups excluding carboxylic acids is 1. The van der Waals surface area contributed by atoms with E-state index in [2.05, 4.69) is 13.8 Å². The van der Waals surface area contributed by atoms with E-state index in [1.54, 1.807) is 0 Å². The molecular weight excluding hydrogens is 252 g/mol. The van der Waals surface area contributed by atoms with Crippen molar-refractivity contribution in [3.63, 3.8) is 0 Å². The normalized spacial score (nSPS) is 14.0. The van der Waals surface area contributed by atoms with Crippen LogP contribution in [0.25, 0.3) is 0 Å². The van der Waals surface area contributed by atoms with Gasteiger partial charge in [0.2, 0.25) is 0 Å². The Balaban J connectivity index is 4.00. The van der Waals surface area contributed by atoms with E-state index in [1.165, 1.54) is 39.2 Å². The quantitative estimate of drug-likeness (QED) is 0.401. The molecule has 0 spiro atoms. The molecule has 0 saturated carbocycles. The van der Waals surface area contributed by atoms with Crippen molar-refractivity contribution in [3.8, 4) is 0 Å². The molecule has 0 saturated heterocycles. The van der Waals surface area contributed by atoms with Gasteiger partial charge in [-0.3, -0.25) is 4.79 Å². The highest BCUT2D eigenvalue weighted by Gasteiger charge is 2.26. The fourth-order valence-corrected chi connectivity index (χ4v) is 2.57. The smallest absolute Gasteiger partial charge is 0.311 e. The Morgan fingerprint density at radius 3 is 1.95 bits per heavy atom. The Kier molecular flexibility index (Phi) is 13.0. The monoisotopic (exact) mass is 286 g/mol. The molecule has 0 aliphatic heterocycles. The molecule has 0 radical (unpaired) electrons. The van der Waals surface area contributed by atoms with E-state index in [-0.39, 0.29) is 11.9 Å². The molecule has 0 aromatic carbocycles. The van der Waals surface area contributed by atoms with Gasteiger partial charge in [0.1, 0.15) is 0 Å². The molecule has 0 bridgehead atoms. The third-order valence-electron chi connectivity index (χ3n) is 3.94. The Morgan fingerprint density at radius 1 is 0.900 bits per heavy atom. The Labute approximate surface area is 125 Å². The van der Waals surface area contributed by atoms with Crippen molar-refractivity contribution in [1.82, 2.24) is 0 Å². The molecule has 3 heteroatoms. The summed E-state index contributed by atoms with van der Waals surface area (Å²) in [6.45, 7) is 4.36. The number of aliphatic hydroxyl groups excluding tert-OH is 1. The van der Waals surface area contributed by atoms with E-state index in [0.29, 0.717) is 0 Å². The number of esters is 1. The fraction of sp³-hybridized carbons (Fsp3) is 0.941. The molecule has 20 heavy (non-hydrogen) atoms. The van der Waals surface area contributed by atoms with E-state index in [0.717, 1.165) is 38.5 Å². The standard InChI is InChI=1S/C17H34O3/c1-4-6-8-10-12-14-16(18)15(17(19)20-3)13-11-9-7-5-2/h15-16,18H,4-14H2,1-3H3. The van der Waals surface area contributed by atoms with Crippen molar-refractivity contribution < 1.29 is 14.6 Å². The lowest BCUT2D eigenvalue weighted by atomic mass is 9.91. The SMILES string of the molecule is CCCCCCCC(O)C(CCCCCC)C(=O)OC. The van der Waals surface area contributed by atoms with E-state index >= 15 is 0 Å². The van der Waals surface area contributed by atoms with Crippen LogP contribution in [-0.2, 0) is 9.53 Å². The van der Waals surface area contributed by atoms with Crippen LogP contribution in [0, 0.1) is 5.92 Å². The average molecular weight is 286 g/mol. The zero-order valence-corrected chi connectivity index (χ0v) is 13.7. The summed E-state index contributed by atoms with van der Waals surface area (Å²) in [6.07, 6.45) is 11.3. The number of hydrogen-bond acceptors (Lipinski definition) is 3. The number of carbonyl (C=O) groups is 1. The molecule has 0 fully saturated rings. The summed E-state index contributed by atoms with van der Waals surface area (Å²) >= 11 is 0. The lowest BCUT2D eigenvalue weighted by Gasteiger charge is -2.20. The zero-order chi connectivity index (χ0) is 15.2. The van der Waals surface area contributed by atoms with E-state index < -0.39 is 6.10 Å². The number of ether oxygens (including phenoxy) is 1. The number of aliphatic hydroxyl groups is 1. The first-order chi connectivity index (χ1) is 9.67. The number of unbranched alkanes of at least 4 members (excludes halogenated alkanes) is 7. The topological polar surface area (TPSA) is 46.5 Å². The second-order valence-electron chi connectivity index (χ2n) is 5.75. The van der Waals surface area contributed by atoms with Gasteiger partial charge < -0.3 is 9.84 Å². The van der Waals surface area contributed by atoms with Gasteiger partial charge in [-0.2, -0.15) is 0 Å². The van der Waals surface area contributed by atoms with Crippen LogP contribution in [0.3, 0.4) is 0 Å². The van der Waals surface area contributed by atoms with Crippen LogP contribution in [0.15, 0.2) is 0 Å². The molecule has 2 atom stereocenters. The van der Waals surface area contributed by atoms with E-state index in [4.69, 9.17) is 4.74 Å². The van der Waals surface area contributed by atoms with Crippen LogP contribution in [0.1, 0.15) is 84.5 Å². The first-order valence-corrected chi connectivity index (χ1v) is 8.43. The predicted molar refractivity (Wildman–Crippen MR) is 83.6 cm³/mol. The Morgan fingerprint density at radius 2 is 1.40 bits per heavy atom. The van der Waals surface area contributed by atoms with Crippen LogP contribution < -0.4 is 0 Å². The summed E-state index contributed by atoms with van der Waals surface area (Å²) in [7, 11) is 1.41. The molecular formula is C17H34O3. The van der Waals surface area contributed by atoms with Crippen molar-refractivity contribution in [2.75, 3.05) is 7.11 Å². The van der Waals surface area contributed by atoms with Gasteiger partial charge in [-0.15, -0.1) is 0 Å². The molecule has 0 rings (SSSR count). The van der Waals surface area contributed by atoms with Gasteiger partial charge in [-0.05, 0) is 12.8 Å². The zero-order valence-electron chi connectivity index (χ0n) is 13.7. The molecule has 3 nitrogen and oxygen atoms in total. The van der Waals surface area contributed by atoms with Gasteiger partial charge >= 0.3 is 5.97 Å². The summed E-state index contributed by atoms with van der Waals surface area (Å²) in [6, 6.07) is 0. The maximum absolute atomic E-state index is 11.8. The predicted octanol–water partition coefficient (Wildman–Crippen LogP) is 4.47. The van der Waals surface area contributed by atoms with Crippen molar-refractivity contribution in [1.29, 1.82) is 0 Å². The first kappa shape index (κ1) is 19.4. The number of hydrogen-bond donors (Lipinski definition) is 1. The highest BCUT2D eigenvalue weighted by Crippen LogP contribution is 2.20. The van der Waals surface area contributed by atoms with Crippen molar-refractivity contribution in [3.05, 3.63) is 0 Å². The lowest BCUT2D eigenvalue weighted by Crippen LogP contribution is -2.29. The highest BCUT2D eigenvalue weighted by atomic mass is 16.5. The second-order valence-corrected chi connectivity index (χ2v) is 5.75. The van der Waals surface area contributed by atoms with Gasteiger partial charge in [0, 0.05) is 0 Å². The van der Waals surface area contributed by atoms with Crippen LogP contribution >= 0.6 is 0 Å². The molecule has 0 amide bonds. The van der Waals surface area contributed by atoms with Crippen molar-refractivity contribution >= 4 is 5.97 Å². The van der Waals surface area contributed by atoms with Crippen LogP contribution in [0.4, 0.5) is 0 Å². The third-order valence-corrected chi connectivity index (χ3v) is 3.94. The van der Waals surface area contributed by atoms with Crippen molar-refractivity contribution in [2.45, 2.75) is 90.6 Å². The molecule has 0 aliphatic carbocycles. The van der Waals surface area contributed by atoms with Gasteiger partial charge in [-0.1, -0.05) is 71.6 Å². The summed E-state index contributed by atoms with van der Waals surface area (Å²) in [5.74, 6) is -0.578. The van der Waals surface area contributed by atoms with Crippen molar-refractivity contribution in [2.24, 2.45) is 5.92 Å². The molecule has 1 N–H and O–H groups in total. The van der Waals surface area contributed by atoms with Gasteiger partial charge in [-0.25, -0.2) is 0 Å². The average Bonchev–Trinajstić information content (AvgIpc) is 2.46. The second kappa shape index (κ2) is 13.4. The molecule has 0 heterocycles. The lowest BCUT2D eigenvalue weighted by molar-refractivity contribution is -0.150. The van der Waals surface area contributed by atoms with Crippen LogP contribution in [0.2, 0.25) is 0 Å². The fourth-order valence-electron chi connectivity index (χ4n) is 2.57. The summed E-state index contributed by atoms with van der Waals surface area (Å²) in [4.78, 5) is 11.8. The molecule has 0 aromatic heterocycles. The number of rotatable bonds is 13. The maximum Gasteiger partial charge on any atom is 0.311 e. The first-order valence-electron chi connectivity index (χ1n) is 8.43. The Bertz CT molecular complexity index is 228. The number of methoxy groups -OCH3 is 1. The maximum atomic E-state index is 11.8. The minimum Gasteiger partial charge on any atom is -0.469 e. The Hall–Kier alpha value is -0.570. The van der Waals surface area contributed by atoms with Gasteiger partial charge in [0.25, 0.3) is 0 Å². The molecule has 0 aromatic rings.